The SMILES string of the molecule is COc1ccc(-c2nnc([C@@H](C)OC(=O)c3ccc(SC)cc3)o2)cc1. The van der Waals surface area contributed by atoms with Crippen molar-refractivity contribution in [2.24, 2.45) is 0 Å². The number of thioether (sulfide) groups is 1. The smallest absolute Gasteiger partial charge is 0.338 e. The van der Waals surface area contributed by atoms with E-state index in [0.29, 0.717) is 11.5 Å². The van der Waals surface area contributed by atoms with Crippen molar-refractivity contribution in [1.29, 1.82) is 0 Å². The van der Waals surface area contributed by atoms with E-state index >= 15 is 0 Å². The zero-order valence-electron chi connectivity index (χ0n) is 14.6. The molecule has 3 aromatic rings. The lowest BCUT2D eigenvalue weighted by atomic mass is 10.2. The summed E-state index contributed by atoms with van der Waals surface area (Å²) in [5.41, 5.74) is 1.24. The Morgan fingerprint density at radius 2 is 1.77 bits per heavy atom. The summed E-state index contributed by atoms with van der Waals surface area (Å²) in [4.78, 5) is 13.3. The third-order valence-electron chi connectivity index (χ3n) is 3.73. The van der Waals surface area contributed by atoms with Crippen molar-refractivity contribution in [2.45, 2.75) is 17.9 Å². The van der Waals surface area contributed by atoms with Crippen molar-refractivity contribution in [3.8, 4) is 17.2 Å². The Labute approximate surface area is 155 Å². The first-order valence-electron chi connectivity index (χ1n) is 7.93. The van der Waals surface area contributed by atoms with Gasteiger partial charge in [0.15, 0.2) is 6.10 Å². The van der Waals surface area contributed by atoms with Gasteiger partial charge in [0.2, 0.25) is 5.89 Å². The normalized spacial score (nSPS) is 11.8. The van der Waals surface area contributed by atoms with Gasteiger partial charge in [-0.2, -0.15) is 0 Å². The molecule has 0 fully saturated rings. The van der Waals surface area contributed by atoms with Crippen LogP contribution < -0.4 is 4.74 Å². The minimum absolute atomic E-state index is 0.241. The quantitative estimate of drug-likeness (QED) is 0.471. The highest BCUT2D eigenvalue weighted by Crippen LogP contribution is 2.25. The number of carbonyl (C=O) groups excluding carboxylic acids is 1. The molecule has 7 heteroatoms. The molecular weight excluding hydrogens is 352 g/mol. The van der Waals surface area contributed by atoms with Crippen molar-refractivity contribution >= 4 is 17.7 Å². The Balaban J connectivity index is 1.68. The zero-order valence-corrected chi connectivity index (χ0v) is 15.4. The van der Waals surface area contributed by atoms with E-state index < -0.39 is 12.1 Å². The lowest BCUT2D eigenvalue weighted by Crippen LogP contribution is -2.09. The summed E-state index contributed by atoms with van der Waals surface area (Å²) in [6.07, 6.45) is 1.33. The molecule has 0 aliphatic rings. The number of hydrogen-bond donors (Lipinski definition) is 0. The Morgan fingerprint density at radius 1 is 1.08 bits per heavy atom. The van der Waals surface area contributed by atoms with E-state index in [0.717, 1.165) is 16.2 Å². The number of hydrogen-bond acceptors (Lipinski definition) is 7. The summed E-state index contributed by atoms with van der Waals surface area (Å²) in [6, 6.07) is 14.5. The van der Waals surface area contributed by atoms with Gasteiger partial charge < -0.3 is 13.9 Å². The Kier molecular flexibility index (Phi) is 5.58. The van der Waals surface area contributed by atoms with Gasteiger partial charge in [-0.3, -0.25) is 0 Å². The van der Waals surface area contributed by atoms with Gasteiger partial charge in [0.1, 0.15) is 5.75 Å². The van der Waals surface area contributed by atoms with E-state index in [9.17, 15) is 4.79 Å². The van der Waals surface area contributed by atoms with Crippen molar-refractivity contribution in [3.63, 3.8) is 0 Å². The Morgan fingerprint density at radius 3 is 2.38 bits per heavy atom. The van der Waals surface area contributed by atoms with Gasteiger partial charge in [-0.05, 0) is 61.7 Å². The molecule has 2 aromatic carbocycles. The van der Waals surface area contributed by atoms with Crippen LogP contribution in [-0.2, 0) is 4.74 Å². The van der Waals surface area contributed by atoms with Crippen LogP contribution in [0.4, 0.5) is 0 Å². The van der Waals surface area contributed by atoms with Gasteiger partial charge in [0.05, 0.1) is 12.7 Å². The summed E-state index contributed by atoms with van der Waals surface area (Å²) in [5, 5.41) is 7.99. The van der Waals surface area contributed by atoms with E-state index in [2.05, 4.69) is 10.2 Å². The fourth-order valence-electron chi connectivity index (χ4n) is 2.26. The minimum Gasteiger partial charge on any atom is -0.497 e. The van der Waals surface area contributed by atoms with Crippen LogP contribution in [0.3, 0.4) is 0 Å². The van der Waals surface area contributed by atoms with Crippen LogP contribution in [-0.4, -0.2) is 29.5 Å². The number of esters is 1. The van der Waals surface area contributed by atoms with Crippen molar-refractivity contribution in [2.75, 3.05) is 13.4 Å². The van der Waals surface area contributed by atoms with Crippen LogP contribution in [0.25, 0.3) is 11.5 Å². The number of nitrogens with zero attached hydrogens (tertiary/aromatic N) is 2. The molecule has 0 amide bonds. The van der Waals surface area contributed by atoms with Crippen LogP contribution in [0, 0.1) is 0 Å². The van der Waals surface area contributed by atoms with Gasteiger partial charge >= 0.3 is 5.97 Å². The topological polar surface area (TPSA) is 74.5 Å². The van der Waals surface area contributed by atoms with Gasteiger partial charge in [-0.15, -0.1) is 22.0 Å². The molecule has 0 spiro atoms. The zero-order chi connectivity index (χ0) is 18.5. The fourth-order valence-corrected chi connectivity index (χ4v) is 2.66. The highest BCUT2D eigenvalue weighted by molar-refractivity contribution is 7.98. The number of ether oxygens (including phenoxy) is 2. The molecule has 0 saturated heterocycles. The van der Waals surface area contributed by atoms with Gasteiger partial charge in [0.25, 0.3) is 5.89 Å². The van der Waals surface area contributed by atoms with Crippen LogP contribution >= 0.6 is 11.8 Å². The van der Waals surface area contributed by atoms with Crippen molar-refractivity contribution in [1.82, 2.24) is 10.2 Å². The number of aromatic nitrogens is 2. The molecule has 0 unspecified atom stereocenters. The molecule has 0 radical (unpaired) electrons. The Hall–Kier alpha value is -2.80. The van der Waals surface area contributed by atoms with E-state index in [1.807, 2.05) is 30.5 Å². The summed E-state index contributed by atoms with van der Waals surface area (Å²) in [7, 11) is 1.60. The molecule has 6 nitrogen and oxygen atoms in total. The van der Waals surface area contributed by atoms with Crippen LogP contribution in [0.5, 0.6) is 5.75 Å². The van der Waals surface area contributed by atoms with E-state index in [1.54, 1.807) is 50.1 Å². The molecule has 0 bridgehead atoms. The predicted molar refractivity (Wildman–Crippen MR) is 98.3 cm³/mol. The minimum atomic E-state index is -0.651. The lowest BCUT2D eigenvalue weighted by Gasteiger charge is -2.09. The molecule has 0 N–H and O–H groups in total. The maximum atomic E-state index is 12.2. The average molecular weight is 370 g/mol. The first-order chi connectivity index (χ1) is 12.6. The number of methoxy groups -OCH3 is 1. The number of rotatable bonds is 6. The second-order valence-corrected chi connectivity index (χ2v) is 6.33. The molecular formula is C19H18N2O4S. The summed E-state index contributed by atoms with van der Waals surface area (Å²) < 4.78 is 16.2. The van der Waals surface area contributed by atoms with Crippen molar-refractivity contribution in [3.05, 3.63) is 60.0 Å². The molecule has 1 heterocycles. The highest BCUT2D eigenvalue weighted by atomic mass is 32.2. The third-order valence-corrected chi connectivity index (χ3v) is 4.48. The molecule has 0 aliphatic carbocycles. The van der Waals surface area contributed by atoms with Crippen LogP contribution in [0.1, 0.15) is 29.3 Å². The van der Waals surface area contributed by atoms with Gasteiger partial charge in [-0.1, -0.05) is 0 Å². The molecule has 0 aliphatic heterocycles. The molecule has 26 heavy (non-hydrogen) atoms. The molecule has 3 rings (SSSR count). The highest BCUT2D eigenvalue weighted by Gasteiger charge is 2.20. The molecule has 1 aromatic heterocycles. The third kappa shape index (κ3) is 4.05. The summed E-state index contributed by atoms with van der Waals surface area (Å²) >= 11 is 1.61. The fraction of sp³-hybridized carbons (Fsp3) is 0.211. The lowest BCUT2D eigenvalue weighted by molar-refractivity contribution is 0.0280. The Bertz CT molecular complexity index is 875. The van der Waals surface area contributed by atoms with Crippen molar-refractivity contribution < 1.29 is 18.7 Å². The molecule has 0 saturated carbocycles. The summed E-state index contributed by atoms with van der Waals surface area (Å²) in [5.74, 6) is 0.900. The number of benzene rings is 2. The second kappa shape index (κ2) is 8.05. The van der Waals surface area contributed by atoms with E-state index in [-0.39, 0.29) is 5.89 Å². The maximum absolute atomic E-state index is 12.2. The first kappa shape index (κ1) is 18.0. The van der Waals surface area contributed by atoms with E-state index in [4.69, 9.17) is 13.9 Å². The second-order valence-electron chi connectivity index (χ2n) is 5.45. The van der Waals surface area contributed by atoms with E-state index in [1.165, 1.54) is 0 Å². The monoisotopic (exact) mass is 370 g/mol. The molecule has 134 valence electrons. The maximum Gasteiger partial charge on any atom is 0.338 e. The average Bonchev–Trinajstić information content (AvgIpc) is 3.18. The van der Waals surface area contributed by atoms with Gasteiger partial charge in [0, 0.05) is 10.5 Å². The first-order valence-corrected chi connectivity index (χ1v) is 9.16. The largest absolute Gasteiger partial charge is 0.497 e. The summed E-state index contributed by atoms with van der Waals surface area (Å²) in [6.45, 7) is 1.69. The number of carbonyl (C=O) groups is 1. The van der Waals surface area contributed by atoms with Gasteiger partial charge in [-0.25, -0.2) is 4.79 Å². The standard InChI is InChI=1S/C19H18N2O4S/c1-12(24-19(22)14-6-10-16(26-3)11-7-14)17-20-21-18(25-17)13-4-8-15(23-2)9-5-13/h4-12H,1-3H3/t12-/m1/s1. The predicted octanol–water partition coefficient (Wildman–Crippen LogP) is 4.39. The van der Waals surface area contributed by atoms with Crippen LogP contribution in [0.2, 0.25) is 0 Å². The van der Waals surface area contributed by atoms with Crippen LogP contribution in [0.15, 0.2) is 57.8 Å². The molecule has 1 atom stereocenters.